The van der Waals surface area contributed by atoms with Gasteiger partial charge in [0.25, 0.3) is 5.91 Å². The van der Waals surface area contributed by atoms with Gasteiger partial charge in [-0.1, -0.05) is 38.1 Å². The first-order valence-corrected chi connectivity index (χ1v) is 10.1. The number of hydrogen-bond acceptors (Lipinski definition) is 4. The summed E-state index contributed by atoms with van der Waals surface area (Å²) >= 11 is 1.59. The number of benzene rings is 1. The van der Waals surface area contributed by atoms with Gasteiger partial charge in [0.1, 0.15) is 0 Å². The van der Waals surface area contributed by atoms with E-state index in [9.17, 15) is 9.59 Å². The molecule has 0 saturated carbocycles. The lowest BCUT2D eigenvalue weighted by atomic mass is 9.81. The van der Waals surface area contributed by atoms with Crippen LogP contribution >= 0.6 is 11.3 Å². The number of carbonyl (C=O) groups excluding carboxylic acids is 2. The molecule has 2 amide bonds. The summed E-state index contributed by atoms with van der Waals surface area (Å²) in [4.78, 5) is 29.4. The molecular formula is C21H26N2O3S. The Morgan fingerprint density at radius 1 is 1.26 bits per heavy atom. The topological polar surface area (TPSA) is 58.6 Å². The Morgan fingerprint density at radius 3 is 2.70 bits per heavy atom. The minimum absolute atomic E-state index is 0.00126. The van der Waals surface area contributed by atoms with Gasteiger partial charge in [0.15, 0.2) is 0 Å². The van der Waals surface area contributed by atoms with Crippen molar-refractivity contribution in [1.29, 1.82) is 0 Å². The fourth-order valence-electron chi connectivity index (χ4n) is 3.63. The average molecular weight is 387 g/mol. The van der Waals surface area contributed by atoms with E-state index in [1.54, 1.807) is 18.4 Å². The first kappa shape index (κ1) is 19.6. The van der Waals surface area contributed by atoms with Gasteiger partial charge >= 0.3 is 0 Å². The van der Waals surface area contributed by atoms with Crippen LogP contribution in [0.1, 0.15) is 46.6 Å². The molecule has 3 rings (SSSR count). The molecule has 1 aliphatic heterocycles. The predicted molar refractivity (Wildman–Crippen MR) is 107 cm³/mol. The summed E-state index contributed by atoms with van der Waals surface area (Å²) in [5.41, 5.74) is 1.42. The third kappa shape index (κ3) is 4.06. The molecule has 2 heterocycles. The number of hydrogen-bond donors (Lipinski definition) is 1. The van der Waals surface area contributed by atoms with Gasteiger partial charge in [-0.25, -0.2) is 0 Å². The molecule has 2 atom stereocenters. The van der Waals surface area contributed by atoms with Gasteiger partial charge in [-0.15, -0.1) is 11.3 Å². The highest BCUT2D eigenvalue weighted by molar-refractivity contribution is 7.10. The molecule has 144 valence electrons. The highest BCUT2D eigenvalue weighted by Gasteiger charge is 2.44. The SMILES string of the molecule is COCCNC(=O)[C@H]1c2ccccc2C(=O)N(CC(C)C)[C@H]1c1cccs1. The summed E-state index contributed by atoms with van der Waals surface area (Å²) in [6.07, 6.45) is 0. The molecule has 6 heteroatoms. The van der Waals surface area contributed by atoms with Gasteiger partial charge in [-0.2, -0.15) is 0 Å². The summed E-state index contributed by atoms with van der Waals surface area (Å²) < 4.78 is 5.06. The van der Waals surface area contributed by atoms with E-state index in [2.05, 4.69) is 19.2 Å². The van der Waals surface area contributed by atoms with Crippen molar-refractivity contribution < 1.29 is 14.3 Å². The molecule has 0 aliphatic carbocycles. The first-order chi connectivity index (χ1) is 13.0. The maximum atomic E-state index is 13.3. The maximum absolute atomic E-state index is 13.3. The second-order valence-electron chi connectivity index (χ2n) is 7.16. The van der Waals surface area contributed by atoms with E-state index < -0.39 is 5.92 Å². The summed E-state index contributed by atoms with van der Waals surface area (Å²) in [7, 11) is 1.61. The van der Waals surface area contributed by atoms with Crippen molar-refractivity contribution >= 4 is 23.2 Å². The van der Waals surface area contributed by atoms with E-state index in [1.807, 2.05) is 46.7 Å². The molecule has 0 radical (unpaired) electrons. The van der Waals surface area contributed by atoms with Gasteiger partial charge in [-0.05, 0) is 29.0 Å². The minimum Gasteiger partial charge on any atom is -0.383 e. The number of nitrogens with one attached hydrogen (secondary N) is 1. The molecule has 1 aromatic heterocycles. The van der Waals surface area contributed by atoms with Crippen LogP contribution in [0.5, 0.6) is 0 Å². The number of thiophene rings is 1. The second kappa shape index (κ2) is 8.67. The molecule has 1 aromatic carbocycles. The van der Waals surface area contributed by atoms with E-state index in [-0.39, 0.29) is 17.9 Å². The number of ether oxygens (including phenoxy) is 1. The van der Waals surface area contributed by atoms with Crippen LogP contribution in [0.15, 0.2) is 41.8 Å². The quantitative estimate of drug-likeness (QED) is 0.742. The van der Waals surface area contributed by atoms with Gasteiger partial charge in [0.2, 0.25) is 5.91 Å². The smallest absolute Gasteiger partial charge is 0.254 e. The Morgan fingerprint density at radius 2 is 2.04 bits per heavy atom. The summed E-state index contributed by atoms with van der Waals surface area (Å²) in [6, 6.07) is 11.2. The van der Waals surface area contributed by atoms with Crippen LogP contribution in [-0.2, 0) is 9.53 Å². The van der Waals surface area contributed by atoms with E-state index >= 15 is 0 Å². The van der Waals surface area contributed by atoms with Crippen LogP contribution in [0, 0.1) is 5.92 Å². The minimum atomic E-state index is -0.437. The van der Waals surface area contributed by atoms with Crippen molar-refractivity contribution in [1.82, 2.24) is 10.2 Å². The molecular weight excluding hydrogens is 360 g/mol. The van der Waals surface area contributed by atoms with Gasteiger partial charge in [0.05, 0.1) is 18.6 Å². The summed E-state index contributed by atoms with van der Waals surface area (Å²) in [5, 5.41) is 4.97. The van der Waals surface area contributed by atoms with Crippen LogP contribution in [0.25, 0.3) is 0 Å². The van der Waals surface area contributed by atoms with Crippen LogP contribution in [0.3, 0.4) is 0 Å². The van der Waals surface area contributed by atoms with E-state index in [0.717, 1.165) is 10.4 Å². The number of methoxy groups -OCH3 is 1. The van der Waals surface area contributed by atoms with E-state index in [0.29, 0.717) is 31.2 Å². The predicted octanol–water partition coefficient (Wildman–Crippen LogP) is 3.45. The summed E-state index contributed by atoms with van der Waals surface area (Å²) in [5.74, 6) is -0.204. The van der Waals surface area contributed by atoms with Crippen molar-refractivity contribution in [3.63, 3.8) is 0 Å². The standard InChI is InChI=1S/C21H26N2O3S/c1-14(2)13-23-19(17-9-6-12-27-17)18(20(24)22-10-11-26-3)15-7-4-5-8-16(15)21(23)25/h4-9,12,14,18-19H,10-11,13H2,1-3H3,(H,22,24)/t18-,19-/m0/s1. The Balaban J connectivity index is 2.08. The van der Waals surface area contributed by atoms with Crippen LogP contribution in [0.2, 0.25) is 0 Å². The lowest BCUT2D eigenvalue weighted by molar-refractivity contribution is -0.124. The van der Waals surface area contributed by atoms with Gasteiger partial charge in [-0.3, -0.25) is 9.59 Å². The fourth-order valence-corrected chi connectivity index (χ4v) is 4.51. The molecule has 0 unspecified atom stereocenters. The second-order valence-corrected chi connectivity index (χ2v) is 8.14. The van der Waals surface area contributed by atoms with E-state index in [4.69, 9.17) is 4.74 Å². The molecule has 1 N–H and O–H groups in total. The third-order valence-electron chi connectivity index (χ3n) is 4.72. The fraction of sp³-hybridized carbons (Fsp3) is 0.429. The van der Waals surface area contributed by atoms with Crippen LogP contribution in [-0.4, -0.2) is 43.5 Å². The Labute approximate surface area is 164 Å². The maximum Gasteiger partial charge on any atom is 0.254 e. The zero-order valence-electron chi connectivity index (χ0n) is 16.0. The molecule has 2 aromatic rings. The lowest BCUT2D eigenvalue weighted by Gasteiger charge is -2.42. The zero-order valence-corrected chi connectivity index (χ0v) is 16.8. The van der Waals surface area contributed by atoms with Crippen molar-refractivity contribution in [2.24, 2.45) is 5.92 Å². The highest BCUT2D eigenvalue weighted by Crippen LogP contribution is 2.44. The Bertz CT molecular complexity index is 788. The van der Waals surface area contributed by atoms with Crippen molar-refractivity contribution in [3.8, 4) is 0 Å². The Kier molecular flexibility index (Phi) is 6.29. The number of rotatable bonds is 7. The lowest BCUT2D eigenvalue weighted by Crippen LogP contribution is -2.48. The van der Waals surface area contributed by atoms with Gasteiger partial charge in [0, 0.05) is 30.6 Å². The largest absolute Gasteiger partial charge is 0.383 e. The molecule has 5 nitrogen and oxygen atoms in total. The van der Waals surface area contributed by atoms with Crippen molar-refractivity contribution in [2.75, 3.05) is 26.8 Å². The Hall–Kier alpha value is -2.18. The van der Waals surface area contributed by atoms with E-state index in [1.165, 1.54) is 0 Å². The first-order valence-electron chi connectivity index (χ1n) is 9.24. The zero-order chi connectivity index (χ0) is 19.4. The van der Waals surface area contributed by atoms with Crippen LogP contribution in [0.4, 0.5) is 0 Å². The summed E-state index contributed by atoms with van der Waals surface area (Å²) in [6.45, 7) is 5.69. The monoisotopic (exact) mass is 386 g/mol. The van der Waals surface area contributed by atoms with Crippen molar-refractivity contribution in [2.45, 2.75) is 25.8 Å². The number of nitrogens with zero attached hydrogens (tertiary/aromatic N) is 1. The molecule has 1 aliphatic rings. The number of carbonyl (C=O) groups is 2. The molecule has 0 fully saturated rings. The van der Waals surface area contributed by atoms with Crippen LogP contribution < -0.4 is 5.32 Å². The molecule has 27 heavy (non-hydrogen) atoms. The third-order valence-corrected chi connectivity index (χ3v) is 5.67. The van der Waals surface area contributed by atoms with Gasteiger partial charge < -0.3 is 15.0 Å². The molecule has 0 spiro atoms. The number of amides is 2. The van der Waals surface area contributed by atoms with Crippen molar-refractivity contribution in [3.05, 3.63) is 57.8 Å². The number of fused-ring (bicyclic) bond motifs is 1. The molecule has 0 saturated heterocycles. The highest BCUT2D eigenvalue weighted by atomic mass is 32.1. The average Bonchev–Trinajstić information content (AvgIpc) is 3.18. The molecule has 0 bridgehead atoms. The normalized spacial score (nSPS) is 19.3.